The zero-order valence-corrected chi connectivity index (χ0v) is 13.6. The topological polar surface area (TPSA) is 24.9 Å². The first-order valence-corrected chi connectivity index (χ1v) is 7.88. The van der Waals surface area contributed by atoms with Crippen molar-refractivity contribution in [2.24, 2.45) is 0 Å². The Morgan fingerprint density at radius 3 is 2.44 bits per heavy atom. The van der Waals surface area contributed by atoms with E-state index in [4.69, 9.17) is 4.98 Å². The van der Waals surface area contributed by atoms with E-state index in [2.05, 4.69) is 46.9 Å². The molecule has 104 valence electrons. The SMILES string of the molecule is CCCCc1nc(C(C)C)c(CNC(C)(C)C)s1. The third-order valence-electron chi connectivity index (χ3n) is 2.84. The van der Waals surface area contributed by atoms with Gasteiger partial charge in [-0.25, -0.2) is 4.98 Å². The average molecular weight is 268 g/mol. The number of thiazole rings is 1. The summed E-state index contributed by atoms with van der Waals surface area (Å²) in [6.07, 6.45) is 3.62. The first-order chi connectivity index (χ1) is 8.33. The van der Waals surface area contributed by atoms with Crippen LogP contribution < -0.4 is 5.32 Å². The number of hydrogen-bond acceptors (Lipinski definition) is 3. The molecule has 1 aromatic rings. The van der Waals surface area contributed by atoms with Gasteiger partial charge in [0.1, 0.15) is 0 Å². The Kier molecular flexibility index (Phi) is 5.80. The van der Waals surface area contributed by atoms with Crippen LogP contribution in [0, 0.1) is 0 Å². The van der Waals surface area contributed by atoms with Crippen molar-refractivity contribution in [1.29, 1.82) is 0 Å². The molecule has 18 heavy (non-hydrogen) atoms. The fourth-order valence-corrected chi connectivity index (χ4v) is 2.98. The van der Waals surface area contributed by atoms with Crippen LogP contribution in [0.15, 0.2) is 0 Å². The van der Waals surface area contributed by atoms with Gasteiger partial charge in [-0.05, 0) is 39.5 Å². The van der Waals surface area contributed by atoms with Crippen molar-refractivity contribution < 1.29 is 0 Å². The third kappa shape index (κ3) is 5.07. The van der Waals surface area contributed by atoms with E-state index in [0.29, 0.717) is 5.92 Å². The lowest BCUT2D eigenvalue weighted by Crippen LogP contribution is -2.35. The van der Waals surface area contributed by atoms with Gasteiger partial charge in [0, 0.05) is 17.0 Å². The summed E-state index contributed by atoms with van der Waals surface area (Å²) in [7, 11) is 0. The van der Waals surface area contributed by atoms with Gasteiger partial charge in [-0.3, -0.25) is 0 Å². The summed E-state index contributed by atoms with van der Waals surface area (Å²) in [6.45, 7) is 14.3. The van der Waals surface area contributed by atoms with E-state index in [1.54, 1.807) is 0 Å². The van der Waals surface area contributed by atoms with Gasteiger partial charge in [0.05, 0.1) is 10.7 Å². The molecule has 0 fully saturated rings. The molecule has 1 rings (SSSR count). The van der Waals surface area contributed by atoms with Gasteiger partial charge >= 0.3 is 0 Å². The lowest BCUT2D eigenvalue weighted by Gasteiger charge is -2.20. The molecule has 2 nitrogen and oxygen atoms in total. The molecule has 3 heteroatoms. The first kappa shape index (κ1) is 15.6. The molecule has 0 radical (unpaired) electrons. The fourth-order valence-electron chi connectivity index (χ4n) is 1.77. The van der Waals surface area contributed by atoms with Crippen molar-refractivity contribution in [2.45, 2.75) is 78.8 Å². The predicted molar refractivity (Wildman–Crippen MR) is 81.4 cm³/mol. The number of nitrogens with one attached hydrogen (secondary N) is 1. The van der Waals surface area contributed by atoms with E-state index in [1.807, 2.05) is 11.3 Å². The Balaban J connectivity index is 2.77. The highest BCUT2D eigenvalue weighted by atomic mass is 32.1. The molecule has 1 N–H and O–H groups in total. The molecule has 1 heterocycles. The predicted octanol–water partition coefficient (Wildman–Crippen LogP) is 4.50. The summed E-state index contributed by atoms with van der Waals surface area (Å²) in [5, 5.41) is 4.88. The van der Waals surface area contributed by atoms with Crippen molar-refractivity contribution in [3.63, 3.8) is 0 Å². The normalized spacial score (nSPS) is 12.4. The highest BCUT2D eigenvalue weighted by Gasteiger charge is 2.16. The number of aromatic nitrogens is 1. The van der Waals surface area contributed by atoms with Crippen LogP contribution in [-0.2, 0) is 13.0 Å². The highest BCUT2D eigenvalue weighted by Crippen LogP contribution is 2.26. The van der Waals surface area contributed by atoms with Crippen LogP contribution in [0.1, 0.15) is 75.9 Å². The maximum Gasteiger partial charge on any atom is 0.0931 e. The van der Waals surface area contributed by atoms with Gasteiger partial charge < -0.3 is 5.32 Å². The quantitative estimate of drug-likeness (QED) is 0.822. The fraction of sp³-hybridized carbons (Fsp3) is 0.800. The van der Waals surface area contributed by atoms with E-state index in [0.717, 1.165) is 13.0 Å². The van der Waals surface area contributed by atoms with Gasteiger partial charge in [0.2, 0.25) is 0 Å². The van der Waals surface area contributed by atoms with Crippen molar-refractivity contribution >= 4 is 11.3 Å². The Morgan fingerprint density at radius 2 is 1.94 bits per heavy atom. The van der Waals surface area contributed by atoms with Gasteiger partial charge in [-0.2, -0.15) is 0 Å². The lowest BCUT2D eigenvalue weighted by molar-refractivity contribution is 0.425. The van der Waals surface area contributed by atoms with Gasteiger partial charge in [0.15, 0.2) is 0 Å². The summed E-state index contributed by atoms with van der Waals surface area (Å²) < 4.78 is 0. The molecule has 0 aliphatic rings. The molecule has 0 amide bonds. The van der Waals surface area contributed by atoms with Crippen LogP contribution in [0.25, 0.3) is 0 Å². The number of aryl methyl sites for hydroxylation is 1. The minimum atomic E-state index is 0.168. The first-order valence-electron chi connectivity index (χ1n) is 7.07. The van der Waals surface area contributed by atoms with Crippen LogP contribution in [0.5, 0.6) is 0 Å². The standard InChI is InChI=1S/C15H28N2S/c1-7-8-9-13-17-14(11(2)3)12(18-13)10-16-15(4,5)6/h11,16H,7-10H2,1-6H3. The van der Waals surface area contributed by atoms with Crippen molar-refractivity contribution in [2.75, 3.05) is 0 Å². The Bertz CT molecular complexity index is 361. The summed E-state index contributed by atoms with van der Waals surface area (Å²) >= 11 is 1.89. The zero-order valence-electron chi connectivity index (χ0n) is 12.8. The second kappa shape index (κ2) is 6.67. The summed E-state index contributed by atoms with van der Waals surface area (Å²) in [5.41, 5.74) is 1.46. The largest absolute Gasteiger partial charge is 0.307 e. The number of rotatable bonds is 6. The van der Waals surface area contributed by atoms with Crippen LogP contribution >= 0.6 is 11.3 Å². The molecule has 1 aromatic heterocycles. The average Bonchev–Trinajstić information content (AvgIpc) is 2.66. The summed E-state index contributed by atoms with van der Waals surface area (Å²) in [5.74, 6) is 0.522. The minimum Gasteiger partial charge on any atom is -0.307 e. The van der Waals surface area contributed by atoms with Crippen LogP contribution in [-0.4, -0.2) is 10.5 Å². The minimum absolute atomic E-state index is 0.168. The van der Waals surface area contributed by atoms with E-state index in [9.17, 15) is 0 Å². The van der Waals surface area contributed by atoms with Crippen molar-refractivity contribution in [3.05, 3.63) is 15.6 Å². The molecule has 0 saturated carbocycles. The number of nitrogens with zero attached hydrogens (tertiary/aromatic N) is 1. The Morgan fingerprint density at radius 1 is 1.28 bits per heavy atom. The molecule has 0 aliphatic carbocycles. The maximum atomic E-state index is 4.83. The van der Waals surface area contributed by atoms with Crippen LogP contribution in [0.3, 0.4) is 0 Å². The second-order valence-electron chi connectivity index (χ2n) is 6.28. The van der Waals surface area contributed by atoms with Crippen molar-refractivity contribution in [3.8, 4) is 0 Å². The monoisotopic (exact) mass is 268 g/mol. The molecule has 0 aliphatic heterocycles. The Labute approximate surface area is 116 Å². The lowest BCUT2D eigenvalue weighted by atomic mass is 10.1. The van der Waals surface area contributed by atoms with Crippen molar-refractivity contribution in [1.82, 2.24) is 10.3 Å². The second-order valence-corrected chi connectivity index (χ2v) is 7.45. The molecular weight excluding hydrogens is 240 g/mol. The molecule has 0 bridgehead atoms. The zero-order chi connectivity index (χ0) is 13.8. The molecule has 0 atom stereocenters. The van der Waals surface area contributed by atoms with Crippen LogP contribution in [0.4, 0.5) is 0 Å². The smallest absolute Gasteiger partial charge is 0.0931 e. The summed E-state index contributed by atoms with van der Waals surface area (Å²) in [6, 6.07) is 0. The maximum absolute atomic E-state index is 4.83. The van der Waals surface area contributed by atoms with Gasteiger partial charge in [-0.1, -0.05) is 27.2 Å². The third-order valence-corrected chi connectivity index (χ3v) is 3.97. The highest BCUT2D eigenvalue weighted by molar-refractivity contribution is 7.11. The van der Waals surface area contributed by atoms with E-state index in [1.165, 1.54) is 28.4 Å². The van der Waals surface area contributed by atoms with E-state index < -0.39 is 0 Å². The molecule has 0 saturated heterocycles. The van der Waals surface area contributed by atoms with Gasteiger partial charge in [-0.15, -0.1) is 11.3 Å². The molecule has 0 unspecified atom stereocenters. The Hall–Kier alpha value is -0.410. The van der Waals surface area contributed by atoms with E-state index >= 15 is 0 Å². The van der Waals surface area contributed by atoms with Crippen LogP contribution in [0.2, 0.25) is 0 Å². The van der Waals surface area contributed by atoms with Gasteiger partial charge in [0.25, 0.3) is 0 Å². The molecular formula is C15H28N2S. The number of hydrogen-bond donors (Lipinski definition) is 1. The number of unbranched alkanes of at least 4 members (excludes halogenated alkanes) is 1. The summed E-state index contributed by atoms with van der Waals surface area (Å²) in [4.78, 5) is 6.25. The molecule has 0 spiro atoms. The molecule has 0 aromatic carbocycles. The van der Waals surface area contributed by atoms with E-state index in [-0.39, 0.29) is 5.54 Å².